The number of rotatable bonds is 2. The van der Waals surface area contributed by atoms with E-state index in [0.717, 1.165) is 36.1 Å². The highest BCUT2D eigenvalue weighted by Gasteiger charge is 2.22. The van der Waals surface area contributed by atoms with Gasteiger partial charge >= 0.3 is 0 Å². The van der Waals surface area contributed by atoms with Crippen LogP contribution in [0, 0.1) is 0 Å². The lowest BCUT2D eigenvalue weighted by Gasteiger charge is -2.22. The second kappa shape index (κ2) is 5.78. The number of hydrogen-bond donors (Lipinski definition) is 1. The minimum Gasteiger partial charge on any atom is -0.398 e. The fourth-order valence-electron chi connectivity index (χ4n) is 2.75. The number of anilines is 1. The van der Waals surface area contributed by atoms with Crippen LogP contribution >= 0.6 is 11.6 Å². The molecule has 4 heteroatoms. The number of nitrogen functional groups attached to an aromatic ring is 1. The largest absolute Gasteiger partial charge is 0.398 e. The molecule has 21 heavy (non-hydrogen) atoms. The second-order valence-electron chi connectivity index (χ2n) is 5.33. The van der Waals surface area contributed by atoms with Crippen LogP contribution in [0.4, 0.5) is 5.69 Å². The van der Waals surface area contributed by atoms with Crippen LogP contribution in [0.25, 0.3) is 0 Å². The molecule has 0 atom stereocenters. The Morgan fingerprint density at radius 1 is 1.19 bits per heavy atom. The van der Waals surface area contributed by atoms with Crippen molar-refractivity contribution in [3.05, 3.63) is 64.2 Å². The molecule has 0 saturated carbocycles. The quantitative estimate of drug-likeness (QED) is 0.863. The molecule has 0 radical (unpaired) electrons. The molecule has 0 spiro atoms. The molecule has 0 aromatic heterocycles. The van der Waals surface area contributed by atoms with Crippen molar-refractivity contribution < 1.29 is 4.79 Å². The van der Waals surface area contributed by atoms with E-state index in [4.69, 9.17) is 17.3 Å². The van der Waals surface area contributed by atoms with Gasteiger partial charge in [0.05, 0.1) is 0 Å². The molecule has 0 saturated heterocycles. The number of carbonyl (C=O) groups excluding carboxylic acids is 1. The molecule has 3 nitrogen and oxygen atoms in total. The number of carbonyl (C=O) groups is 1. The average molecular weight is 301 g/mol. The lowest BCUT2D eigenvalue weighted by molar-refractivity contribution is 0.0749. The molecule has 1 heterocycles. The maximum atomic E-state index is 12.7. The first-order chi connectivity index (χ1) is 10.1. The highest BCUT2D eigenvalue weighted by atomic mass is 35.5. The lowest BCUT2D eigenvalue weighted by atomic mass is 10.0. The molecule has 2 aromatic rings. The van der Waals surface area contributed by atoms with Crippen LogP contribution in [0.3, 0.4) is 0 Å². The summed E-state index contributed by atoms with van der Waals surface area (Å²) in [5.74, 6) is 0.0810. The molecular weight excluding hydrogens is 284 g/mol. The number of halogens is 1. The smallest absolute Gasteiger partial charge is 0.254 e. The first-order valence-corrected chi connectivity index (χ1v) is 7.44. The third-order valence-corrected chi connectivity index (χ3v) is 4.11. The first kappa shape index (κ1) is 14.0. The Balaban J connectivity index is 1.87. The Morgan fingerprint density at radius 2 is 2.00 bits per heavy atom. The van der Waals surface area contributed by atoms with Crippen molar-refractivity contribution in [3.63, 3.8) is 0 Å². The van der Waals surface area contributed by atoms with Gasteiger partial charge in [-0.25, -0.2) is 0 Å². The predicted molar refractivity (Wildman–Crippen MR) is 85.4 cm³/mol. The van der Waals surface area contributed by atoms with Crippen LogP contribution in [0.5, 0.6) is 0 Å². The van der Waals surface area contributed by atoms with Gasteiger partial charge in [0.1, 0.15) is 0 Å². The van der Waals surface area contributed by atoms with Crippen molar-refractivity contribution in [2.75, 3.05) is 12.3 Å². The Bertz CT molecular complexity index is 684. The minimum atomic E-state index is 0.0810. The van der Waals surface area contributed by atoms with Crippen LogP contribution < -0.4 is 5.73 Å². The van der Waals surface area contributed by atoms with Crippen molar-refractivity contribution in [1.29, 1.82) is 0 Å². The van der Waals surface area contributed by atoms with Crippen LogP contribution in [0.1, 0.15) is 27.9 Å². The SMILES string of the molecule is Nc1cc(Cl)ccc1CN1CCCc2ccccc2C1=O. The molecular formula is C17H17ClN2O. The van der Waals surface area contributed by atoms with Gasteiger partial charge in [0.2, 0.25) is 0 Å². The summed E-state index contributed by atoms with van der Waals surface area (Å²) >= 11 is 5.92. The number of benzene rings is 2. The van der Waals surface area contributed by atoms with Gasteiger partial charge in [-0.2, -0.15) is 0 Å². The van der Waals surface area contributed by atoms with Crippen LogP contribution in [0.2, 0.25) is 5.02 Å². The highest BCUT2D eigenvalue weighted by Crippen LogP contribution is 2.23. The first-order valence-electron chi connectivity index (χ1n) is 7.06. The number of amides is 1. The molecule has 0 bridgehead atoms. The number of hydrogen-bond acceptors (Lipinski definition) is 2. The van der Waals surface area contributed by atoms with E-state index >= 15 is 0 Å². The van der Waals surface area contributed by atoms with Gasteiger partial charge < -0.3 is 10.6 Å². The molecule has 1 aliphatic heterocycles. The molecule has 2 N–H and O–H groups in total. The van der Waals surface area contributed by atoms with E-state index in [1.807, 2.05) is 41.3 Å². The molecule has 3 rings (SSSR count). The topological polar surface area (TPSA) is 46.3 Å². The monoisotopic (exact) mass is 300 g/mol. The number of nitrogens with zero attached hydrogens (tertiary/aromatic N) is 1. The molecule has 0 fully saturated rings. The van der Waals surface area contributed by atoms with Gasteiger partial charge in [0, 0.05) is 29.4 Å². The van der Waals surface area contributed by atoms with E-state index < -0.39 is 0 Å². The summed E-state index contributed by atoms with van der Waals surface area (Å²) in [5.41, 5.74) is 9.51. The Morgan fingerprint density at radius 3 is 2.81 bits per heavy atom. The van der Waals surface area contributed by atoms with E-state index in [0.29, 0.717) is 17.3 Å². The highest BCUT2D eigenvalue weighted by molar-refractivity contribution is 6.30. The summed E-state index contributed by atoms with van der Waals surface area (Å²) in [5, 5.41) is 0.615. The summed E-state index contributed by atoms with van der Waals surface area (Å²) in [6.45, 7) is 1.27. The van der Waals surface area contributed by atoms with Crippen molar-refractivity contribution in [2.24, 2.45) is 0 Å². The van der Waals surface area contributed by atoms with Crippen molar-refractivity contribution >= 4 is 23.2 Å². The molecule has 108 valence electrons. The van der Waals surface area contributed by atoms with Crippen molar-refractivity contribution in [3.8, 4) is 0 Å². The molecule has 1 aliphatic rings. The van der Waals surface area contributed by atoms with E-state index in [9.17, 15) is 4.79 Å². The fourth-order valence-corrected chi connectivity index (χ4v) is 2.93. The zero-order valence-electron chi connectivity index (χ0n) is 11.7. The van der Waals surface area contributed by atoms with Gasteiger partial charge in [-0.3, -0.25) is 4.79 Å². The normalized spacial score (nSPS) is 14.7. The average Bonchev–Trinajstić information content (AvgIpc) is 2.63. The Hall–Kier alpha value is -2.00. The molecule has 0 unspecified atom stereocenters. The molecule has 1 amide bonds. The fraction of sp³-hybridized carbons (Fsp3) is 0.235. The zero-order chi connectivity index (χ0) is 14.8. The zero-order valence-corrected chi connectivity index (χ0v) is 12.4. The lowest BCUT2D eigenvalue weighted by Crippen LogP contribution is -2.30. The third kappa shape index (κ3) is 2.88. The van der Waals surface area contributed by atoms with Crippen molar-refractivity contribution in [1.82, 2.24) is 4.90 Å². The van der Waals surface area contributed by atoms with Gasteiger partial charge in [0.25, 0.3) is 5.91 Å². The van der Waals surface area contributed by atoms with Gasteiger partial charge in [-0.1, -0.05) is 35.9 Å². The Kier molecular flexibility index (Phi) is 3.84. The number of aryl methyl sites for hydroxylation is 1. The third-order valence-electron chi connectivity index (χ3n) is 3.88. The summed E-state index contributed by atoms with van der Waals surface area (Å²) in [4.78, 5) is 14.5. The summed E-state index contributed by atoms with van der Waals surface area (Å²) in [6, 6.07) is 13.3. The summed E-state index contributed by atoms with van der Waals surface area (Å²) < 4.78 is 0. The van der Waals surface area contributed by atoms with Crippen LogP contribution in [-0.2, 0) is 13.0 Å². The number of fused-ring (bicyclic) bond motifs is 1. The number of nitrogens with two attached hydrogens (primary N) is 1. The predicted octanol–water partition coefficient (Wildman–Crippen LogP) is 3.51. The van der Waals surface area contributed by atoms with Gasteiger partial charge in [0.15, 0.2) is 0 Å². The summed E-state index contributed by atoms with van der Waals surface area (Å²) in [6.07, 6.45) is 1.91. The van der Waals surface area contributed by atoms with Gasteiger partial charge in [-0.15, -0.1) is 0 Å². The van der Waals surface area contributed by atoms with E-state index in [1.165, 1.54) is 0 Å². The van der Waals surface area contributed by atoms with Crippen LogP contribution in [0.15, 0.2) is 42.5 Å². The second-order valence-corrected chi connectivity index (χ2v) is 5.77. The summed E-state index contributed by atoms with van der Waals surface area (Å²) in [7, 11) is 0. The molecule has 2 aromatic carbocycles. The maximum absolute atomic E-state index is 12.7. The van der Waals surface area contributed by atoms with Crippen LogP contribution in [-0.4, -0.2) is 17.4 Å². The maximum Gasteiger partial charge on any atom is 0.254 e. The standard InChI is InChI=1S/C17H17ClN2O/c18-14-8-7-13(16(19)10-14)11-20-9-3-5-12-4-1-2-6-15(12)17(20)21/h1-2,4,6-8,10H,3,5,9,11,19H2. The van der Waals surface area contributed by atoms with E-state index in [-0.39, 0.29) is 5.91 Å². The van der Waals surface area contributed by atoms with E-state index in [1.54, 1.807) is 6.07 Å². The molecule has 0 aliphatic carbocycles. The van der Waals surface area contributed by atoms with E-state index in [2.05, 4.69) is 0 Å². The Labute approximate surface area is 129 Å². The van der Waals surface area contributed by atoms with Gasteiger partial charge in [-0.05, 0) is 42.2 Å². The van der Waals surface area contributed by atoms with Crippen molar-refractivity contribution in [2.45, 2.75) is 19.4 Å². The minimum absolute atomic E-state index is 0.0810.